The van der Waals surface area contributed by atoms with Gasteiger partial charge in [0.2, 0.25) is 0 Å². The van der Waals surface area contributed by atoms with E-state index < -0.39 is 0 Å². The van der Waals surface area contributed by atoms with Gasteiger partial charge in [0.25, 0.3) is 0 Å². The summed E-state index contributed by atoms with van der Waals surface area (Å²) in [7, 11) is 0. The Balaban J connectivity index is 0.000000606. The lowest BCUT2D eigenvalue weighted by Gasteiger charge is -2.01. The van der Waals surface area contributed by atoms with Crippen molar-refractivity contribution in [3.8, 4) is 11.1 Å². The minimum Gasteiger partial charge on any atom is -0.399 e. The molecule has 0 spiro atoms. The van der Waals surface area contributed by atoms with Gasteiger partial charge in [0, 0.05) is 10.7 Å². The zero-order chi connectivity index (χ0) is 12.0. The number of benzene rings is 2. The Labute approximate surface area is 102 Å². The highest BCUT2D eigenvalue weighted by Crippen LogP contribution is 2.22. The molecule has 0 atom stereocenters. The maximum Gasteiger partial charge on any atom is 0.0406 e. The third kappa shape index (κ3) is 3.28. The molecule has 0 heterocycles. The summed E-state index contributed by atoms with van der Waals surface area (Å²) in [4.78, 5) is 0. The Bertz CT molecular complexity index is 374. The highest BCUT2D eigenvalue weighted by atomic mass is 35.5. The van der Waals surface area contributed by atoms with Crippen molar-refractivity contribution in [1.29, 1.82) is 0 Å². The van der Waals surface area contributed by atoms with E-state index in [9.17, 15) is 0 Å². The number of hydrogen-bond donors (Lipinski definition) is 1. The zero-order valence-electron chi connectivity index (χ0n) is 9.57. The van der Waals surface area contributed by atoms with Gasteiger partial charge in [-0.1, -0.05) is 49.7 Å². The maximum atomic E-state index is 5.80. The molecule has 0 aliphatic heterocycles. The molecule has 0 fully saturated rings. The van der Waals surface area contributed by atoms with Crippen LogP contribution in [0.25, 0.3) is 11.1 Å². The highest BCUT2D eigenvalue weighted by molar-refractivity contribution is 6.30. The summed E-state index contributed by atoms with van der Waals surface area (Å²) < 4.78 is 0. The van der Waals surface area contributed by atoms with Gasteiger partial charge in [0.15, 0.2) is 0 Å². The molecule has 0 saturated carbocycles. The van der Waals surface area contributed by atoms with Gasteiger partial charge in [-0.2, -0.15) is 0 Å². The van der Waals surface area contributed by atoms with Gasteiger partial charge in [-0.05, 0) is 35.4 Å². The lowest BCUT2D eigenvalue weighted by atomic mass is 10.1. The van der Waals surface area contributed by atoms with Crippen molar-refractivity contribution in [2.45, 2.75) is 13.8 Å². The average molecular weight is 234 g/mol. The Morgan fingerprint density at radius 1 is 0.750 bits per heavy atom. The molecule has 0 aliphatic carbocycles. The van der Waals surface area contributed by atoms with E-state index in [-0.39, 0.29) is 0 Å². The molecule has 2 N–H and O–H groups in total. The van der Waals surface area contributed by atoms with E-state index >= 15 is 0 Å². The van der Waals surface area contributed by atoms with Gasteiger partial charge in [-0.25, -0.2) is 0 Å². The fraction of sp³-hybridized carbons (Fsp3) is 0.143. The minimum atomic E-state index is 0.754. The van der Waals surface area contributed by atoms with Crippen molar-refractivity contribution in [2.24, 2.45) is 0 Å². The molecular formula is C14H16ClN. The van der Waals surface area contributed by atoms with Crippen molar-refractivity contribution >= 4 is 17.3 Å². The summed E-state index contributed by atoms with van der Waals surface area (Å²) >= 11 is 5.80. The summed E-state index contributed by atoms with van der Waals surface area (Å²) in [6, 6.07) is 15.5. The van der Waals surface area contributed by atoms with E-state index in [1.54, 1.807) is 0 Å². The Morgan fingerprint density at radius 3 is 1.56 bits per heavy atom. The van der Waals surface area contributed by atoms with Crippen LogP contribution in [-0.2, 0) is 0 Å². The second-order valence-corrected chi connectivity index (χ2v) is 3.57. The van der Waals surface area contributed by atoms with Crippen LogP contribution in [0, 0.1) is 0 Å². The van der Waals surface area contributed by atoms with E-state index in [0.717, 1.165) is 21.8 Å². The molecule has 84 valence electrons. The summed E-state index contributed by atoms with van der Waals surface area (Å²) in [5, 5.41) is 0.754. The number of anilines is 1. The van der Waals surface area contributed by atoms with Crippen LogP contribution in [0.4, 0.5) is 5.69 Å². The SMILES string of the molecule is CC.Nc1ccc(-c2ccc(Cl)cc2)cc1. The van der Waals surface area contributed by atoms with Crippen LogP contribution in [0.2, 0.25) is 5.02 Å². The summed E-state index contributed by atoms with van der Waals surface area (Å²) in [5.74, 6) is 0. The van der Waals surface area contributed by atoms with E-state index in [1.807, 2.05) is 62.4 Å². The van der Waals surface area contributed by atoms with Crippen molar-refractivity contribution in [1.82, 2.24) is 0 Å². The molecule has 0 amide bonds. The van der Waals surface area contributed by atoms with Crippen LogP contribution >= 0.6 is 11.6 Å². The second kappa shape index (κ2) is 6.19. The number of rotatable bonds is 1. The maximum absolute atomic E-state index is 5.80. The normalized spacial score (nSPS) is 9.19. The Kier molecular flexibility index (Phi) is 4.87. The molecule has 0 aliphatic rings. The molecule has 1 nitrogen and oxygen atoms in total. The first-order valence-corrected chi connectivity index (χ1v) is 5.75. The molecule has 2 rings (SSSR count). The predicted octanol–water partition coefficient (Wildman–Crippen LogP) is 4.62. The van der Waals surface area contributed by atoms with Crippen LogP contribution in [0.3, 0.4) is 0 Å². The average Bonchev–Trinajstić information content (AvgIpc) is 2.34. The van der Waals surface area contributed by atoms with Gasteiger partial charge in [-0.3, -0.25) is 0 Å². The third-order valence-corrected chi connectivity index (χ3v) is 2.34. The van der Waals surface area contributed by atoms with E-state index in [1.165, 1.54) is 0 Å². The molecule has 0 aromatic heterocycles. The van der Waals surface area contributed by atoms with E-state index in [2.05, 4.69) is 0 Å². The third-order valence-electron chi connectivity index (χ3n) is 2.09. The summed E-state index contributed by atoms with van der Waals surface area (Å²) in [6.07, 6.45) is 0. The van der Waals surface area contributed by atoms with Gasteiger partial charge in [-0.15, -0.1) is 0 Å². The topological polar surface area (TPSA) is 26.0 Å². The molecule has 2 aromatic rings. The first-order chi connectivity index (χ1) is 7.75. The molecule has 0 bridgehead atoms. The van der Waals surface area contributed by atoms with Crippen LogP contribution in [0.5, 0.6) is 0 Å². The quantitative estimate of drug-likeness (QED) is 0.715. The van der Waals surface area contributed by atoms with Crippen LogP contribution in [-0.4, -0.2) is 0 Å². The zero-order valence-corrected chi connectivity index (χ0v) is 10.3. The van der Waals surface area contributed by atoms with Gasteiger partial charge >= 0.3 is 0 Å². The molecule has 0 saturated heterocycles. The van der Waals surface area contributed by atoms with Crippen LogP contribution < -0.4 is 5.73 Å². The van der Waals surface area contributed by atoms with Crippen molar-refractivity contribution in [2.75, 3.05) is 5.73 Å². The largest absolute Gasteiger partial charge is 0.399 e. The van der Waals surface area contributed by atoms with Crippen molar-refractivity contribution in [3.05, 3.63) is 53.6 Å². The first-order valence-electron chi connectivity index (χ1n) is 5.37. The fourth-order valence-electron chi connectivity index (χ4n) is 1.32. The standard InChI is InChI=1S/C12H10ClN.C2H6/c13-11-5-1-9(2-6-11)10-3-7-12(14)8-4-10;1-2/h1-8H,14H2;1-2H3. The van der Waals surface area contributed by atoms with Gasteiger partial charge in [0.05, 0.1) is 0 Å². The monoisotopic (exact) mass is 233 g/mol. The first kappa shape index (κ1) is 12.6. The Morgan fingerprint density at radius 2 is 1.12 bits per heavy atom. The number of hydrogen-bond acceptors (Lipinski definition) is 1. The smallest absolute Gasteiger partial charge is 0.0406 e. The van der Waals surface area contributed by atoms with Crippen LogP contribution in [0.15, 0.2) is 48.5 Å². The van der Waals surface area contributed by atoms with E-state index in [4.69, 9.17) is 17.3 Å². The second-order valence-electron chi connectivity index (χ2n) is 3.13. The van der Waals surface area contributed by atoms with Gasteiger partial charge in [0.1, 0.15) is 0 Å². The van der Waals surface area contributed by atoms with Crippen molar-refractivity contribution in [3.63, 3.8) is 0 Å². The van der Waals surface area contributed by atoms with Gasteiger partial charge < -0.3 is 5.73 Å². The predicted molar refractivity (Wildman–Crippen MR) is 72.6 cm³/mol. The molecule has 0 unspecified atom stereocenters. The molecule has 0 radical (unpaired) electrons. The van der Waals surface area contributed by atoms with Crippen LogP contribution in [0.1, 0.15) is 13.8 Å². The number of nitrogen functional groups attached to an aromatic ring is 1. The molecule has 16 heavy (non-hydrogen) atoms. The minimum absolute atomic E-state index is 0.754. The summed E-state index contributed by atoms with van der Waals surface area (Å²) in [5.41, 5.74) is 8.68. The van der Waals surface area contributed by atoms with Crippen molar-refractivity contribution < 1.29 is 0 Å². The molecular weight excluding hydrogens is 218 g/mol. The molecule has 2 aromatic carbocycles. The summed E-state index contributed by atoms with van der Waals surface area (Å²) in [6.45, 7) is 4.00. The molecule has 2 heteroatoms. The number of nitrogens with two attached hydrogens (primary N) is 1. The number of halogens is 1. The fourth-order valence-corrected chi connectivity index (χ4v) is 1.44. The lowest BCUT2D eigenvalue weighted by Crippen LogP contribution is -1.83. The Hall–Kier alpha value is -1.47. The lowest BCUT2D eigenvalue weighted by molar-refractivity contribution is 1.50. The van der Waals surface area contributed by atoms with E-state index in [0.29, 0.717) is 0 Å². The highest BCUT2D eigenvalue weighted by Gasteiger charge is 1.96.